The van der Waals surface area contributed by atoms with Crippen LogP contribution < -0.4 is 15.4 Å². The molecule has 0 saturated heterocycles. The predicted molar refractivity (Wildman–Crippen MR) is 109 cm³/mol. The van der Waals surface area contributed by atoms with E-state index in [0.717, 1.165) is 30.5 Å². The van der Waals surface area contributed by atoms with Crippen molar-refractivity contribution in [3.8, 4) is 0 Å². The Morgan fingerprint density at radius 1 is 1.16 bits per heavy atom. The van der Waals surface area contributed by atoms with Gasteiger partial charge < -0.3 is 10.6 Å². The first kappa shape index (κ1) is 25.0. The fraction of sp³-hybridized carbons (Fsp3) is 0.263. The van der Waals surface area contributed by atoms with Crippen molar-refractivity contribution in [2.75, 3.05) is 22.8 Å². The number of benzene rings is 1. The molecule has 0 bridgehead atoms. The Labute approximate surface area is 180 Å². The summed E-state index contributed by atoms with van der Waals surface area (Å²) in [4.78, 5) is 15.5. The summed E-state index contributed by atoms with van der Waals surface area (Å²) in [5.74, 6) is -2.80. The van der Waals surface area contributed by atoms with Gasteiger partial charge in [0.25, 0.3) is 0 Å². The molecule has 0 unspecified atom stereocenters. The number of nitrogens with zero attached hydrogens (tertiary/aromatic N) is 1. The van der Waals surface area contributed by atoms with Gasteiger partial charge in [-0.25, -0.2) is 22.2 Å². The van der Waals surface area contributed by atoms with E-state index in [0.29, 0.717) is 6.07 Å². The first-order chi connectivity index (χ1) is 14.8. The Morgan fingerprint density at radius 2 is 1.84 bits per heavy atom. The van der Waals surface area contributed by atoms with Crippen molar-refractivity contribution in [3.63, 3.8) is 0 Å². The van der Waals surface area contributed by atoms with E-state index < -0.39 is 51.7 Å². The van der Waals surface area contributed by atoms with Crippen molar-refractivity contribution in [2.24, 2.45) is 0 Å². The van der Waals surface area contributed by atoms with Crippen molar-refractivity contribution >= 4 is 33.5 Å². The molecule has 174 valence electrons. The largest absolute Gasteiger partial charge is 0.433 e. The number of rotatable bonds is 8. The van der Waals surface area contributed by atoms with Gasteiger partial charge in [-0.3, -0.25) is 9.52 Å². The lowest BCUT2D eigenvalue weighted by molar-refractivity contribution is -0.141. The summed E-state index contributed by atoms with van der Waals surface area (Å²) < 4.78 is 90.7. The Morgan fingerprint density at radius 3 is 2.44 bits per heavy atom. The van der Waals surface area contributed by atoms with Crippen molar-refractivity contribution in [1.29, 1.82) is 0 Å². The molecule has 0 atom stereocenters. The molecule has 1 amide bonds. The van der Waals surface area contributed by atoms with Gasteiger partial charge in [0, 0.05) is 36.4 Å². The van der Waals surface area contributed by atoms with Gasteiger partial charge in [0.05, 0.1) is 11.9 Å². The van der Waals surface area contributed by atoms with E-state index in [1.165, 1.54) is 6.08 Å². The highest BCUT2D eigenvalue weighted by atomic mass is 32.2. The number of amides is 1. The minimum atomic E-state index is -4.63. The molecule has 0 aliphatic rings. The Kier molecular flexibility index (Phi) is 7.78. The second-order valence-corrected chi connectivity index (χ2v) is 8.26. The number of hydrogen-bond acceptors (Lipinski definition) is 5. The summed E-state index contributed by atoms with van der Waals surface area (Å²) in [6.07, 6.45) is -1.64. The predicted octanol–water partition coefficient (Wildman–Crippen LogP) is 3.51. The fourth-order valence-corrected chi connectivity index (χ4v) is 3.04. The number of pyridine rings is 1. The molecule has 1 aromatic heterocycles. The monoisotopic (exact) mass is 478 g/mol. The highest BCUT2D eigenvalue weighted by Crippen LogP contribution is 2.29. The number of anilines is 2. The van der Waals surface area contributed by atoms with Crippen molar-refractivity contribution in [3.05, 3.63) is 58.8 Å². The molecule has 0 spiro atoms. The highest BCUT2D eigenvalue weighted by Gasteiger charge is 2.32. The van der Waals surface area contributed by atoms with E-state index in [2.05, 4.69) is 15.6 Å². The molecular formula is C19H19F5N4O3S. The number of carbonyl (C=O) groups is 1. The number of aromatic nitrogens is 1. The van der Waals surface area contributed by atoms with Crippen LogP contribution in [0.1, 0.15) is 23.7 Å². The lowest BCUT2D eigenvalue weighted by Gasteiger charge is -2.11. The van der Waals surface area contributed by atoms with Gasteiger partial charge in [0.15, 0.2) is 0 Å². The van der Waals surface area contributed by atoms with E-state index in [4.69, 9.17) is 0 Å². The Hall–Kier alpha value is -3.22. The highest BCUT2D eigenvalue weighted by molar-refractivity contribution is 7.92. The van der Waals surface area contributed by atoms with Gasteiger partial charge in [-0.05, 0) is 31.2 Å². The van der Waals surface area contributed by atoms with Crippen LogP contribution in [0.5, 0.6) is 0 Å². The molecule has 7 nitrogen and oxygen atoms in total. The van der Waals surface area contributed by atoms with Gasteiger partial charge in [0.1, 0.15) is 23.1 Å². The van der Waals surface area contributed by atoms with Crippen LogP contribution in [0.25, 0.3) is 6.08 Å². The van der Waals surface area contributed by atoms with Crippen LogP contribution in [0.2, 0.25) is 0 Å². The Balaban J connectivity index is 2.11. The van der Waals surface area contributed by atoms with Crippen LogP contribution in [-0.2, 0) is 27.5 Å². The topological polar surface area (TPSA) is 100 Å². The van der Waals surface area contributed by atoms with Crippen molar-refractivity contribution in [1.82, 2.24) is 10.3 Å². The first-order valence-corrected chi connectivity index (χ1v) is 10.9. The molecule has 1 aromatic carbocycles. The fourth-order valence-electron chi connectivity index (χ4n) is 2.48. The molecule has 0 aliphatic carbocycles. The lowest BCUT2D eigenvalue weighted by atomic mass is 10.1. The molecule has 0 aliphatic heterocycles. The quantitative estimate of drug-likeness (QED) is 0.398. The van der Waals surface area contributed by atoms with Gasteiger partial charge in [0.2, 0.25) is 15.9 Å². The molecule has 0 radical (unpaired) electrons. The van der Waals surface area contributed by atoms with Gasteiger partial charge in [-0.2, -0.15) is 13.2 Å². The van der Waals surface area contributed by atoms with Crippen LogP contribution in [0, 0.1) is 11.6 Å². The van der Waals surface area contributed by atoms with E-state index >= 15 is 0 Å². The molecule has 2 rings (SSSR count). The Bertz CT molecular complexity index is 1130. The van der Waals surface area contributed by atoms with E-state index in [1.807, 2.05) is 4.72 Å². The molecular weight excluding hydrogens is 459 g/mol. The number of nitrogens with one attached hydrogen (secondary N) is 3. The third-order valence-corrected chi connectivity index (χ3v) is 4.45. The van der Waals surface area contributed by atoms with Crippen molar-refractivity contribution in [2.45, 2.75) is 19.6 Å². The van der Waals surface area contributed by atoms with E-state index in [9.17, 15) is 35.2 Å². The minimum absolute atomic E-state index is 0.0755. The average molecular weight is 478 g/mol. The maximum absolute atomic E-state index is 14.1. The molecule has 32 heavy (non-hydrogen) atoms. The SMILES string of the molecule is CCNc1nc(C(F)(F)F)ccc1/C=C/C(=O)NCc1cc(F)c(NS(C)(=O)=O)cc1F. The first-order valence-electron chi connectivity index (χ1n) is 9.04. The number of halogens is 5. The van der Waals surface area contributed by atoms with Crippen LogP contribution in [0.3, 0.4) is 0 Å². The lowest BCUT2D eigenvalue weighted by Crippen LogP contribution is -2.21. The van der Waals surface area contributed by atoms with Gasteiger partial charge >= 0.3 is 6.18 Å². The normalized spacial score (nSPS) is 12.1. The van der Waals surface area contributed by atoms with Crippen LogP contribution in [0.4, 0.5) is 33.5 Å². The number of hydrogen-bond donors (Lipinski definition) is 3. The second-order valence-electron chi connectivity index (χ2n) is 6.51. The zero-order chi connectivity index (χ0) is 24.1. The summed E-state index contributed by atoms with van der Waals surface area (Å²) in [7, 11) is -3.82. The molecule has 13 heteroatoms. The molecule has 2 aromatic rings. The van der Waals surface area contributed by atoms with Gasteiger partial charge in [-0.1, -0.05) is 0 Å². The van der Waals surface area contributed by atoms with Crippen LogP contribution in [0.15, 0.2) is 30.3 Å². The summed E-state index contributed by atoms with van der Waals surface area (Å²) >= 11 is 0. The maximum atomic E-state index is 14.1. The molecule has 0 fully saturated rings. The summed E-state index contributed by atoms with van der Waals surface area (Å²) in [6.45, 7) is 1.53. The number of carbonyl (C=O) groups excluding carboxylic acids is 1. The number of alkyl halides is 3. The molecule has 0 saturated carbocycles. The summed E-state index contributed by atoms with van der Waals surface area (Å²) in [5, 5.41) is 4.97. The maximum Gasteiger partial charge on any atom is 0.433 e. The average Bonchev–Trinajstić information content (AvgIpc) is 2.66. The number of sulfonamides is 1. The molecule has 1 heterocycles. The third-order valence-electron chi connectivity index (χ3n) is 3.86. The van der Waals surface area contributed by atoms with Crippen LogP contribution >= 0.6 is 0 Å². The smallest absolute Gasteiger partial charge is 0.370 e. The van der Waals surface area contributed by atoms with Crippen LogP contribution in [-0.4, -0.2) is 32.1 Å². The minimum Gasteiger partial charge on any atom is -0.370 e. The van der Waals surface area contributed by atoms with E-state index in [1.54, 1.807) is 6.92 Å². The standard InChI is InChI=1S/C19H19F5N4O3S/c1-3-25-18-11(4-6-16(27-18)19(22,23)24)5-7-17(29)26-10-12-8-14(21)15(9-13(12)20)28-32(2,30)31/h4-9,28H,3,10H2,1-2H3,(H,25,27)(H,26,29)/b7-5+. The zero-order valence-corrected chi connectivity index (χ0v) is 17.7. The van der Waals surface area contributed by atoms with Crippen molar-refractivity contribution < 1.29 is 35.2 Å². The summed E-state index contributed by atoms with van der Waals surface area (Å²) in [5.41, 5.74) is -1.71. The zero-order valence-electron chi connectivity index (χ0n) is 16.8. The second kappa shape index (κ2) is 9.94. The van der Waals surface area contributed by atoms with E-state index in [-0.39, 0.29) is 23.5 Å². The molecule has 3 N–H and O–H groups in total. The van der Waals surface area contributed by atoms with Gasteiger partial charge in [-0.15, -0.1) is 0 Å². The summed E-state index contributed by atoms with van der Waals surface area (Å²) in [6, 6.07) is 3.28. The third kappa shape index (κ3) is 7.18.